The SMILES string of the molecule is CNC(c1cccc(Br)c1)c1c(C)ccnc1N. The molecule has 0 saturated heterocycles. The van der Waals surface area contributed by atoms with E-state index in [-0.39, 0.29) is 6.04 Å². The van der Waals surface area contributed by atoms with Crippen molar-refractivity contribution in [3.63, 3.8) is 0 Å². The molecule has 0 amide bonds. The van der Waals surface area contributed by atoms with Crippen molar-refractivity contribution in [2.24, 2.45) is 0 Å². The van der Waals surface area contributed by atoms with E-state index in [2.05, 4.69) is 45.3 Å². The number of anilines is 1. The summed E-state index contributed by atoms with van der Waals surface area (Å²) in [4.78, 5) is 4.18. The maximum Gasteiger partial charge on any atom is 0.128 e. The van der Waals surface area contributed by atoms with Crippen molar-refractivity contribution in [1.29, 1.82) is 0 Å². The lowest BCUT2D eigenvalue weighted by molar-refractivity contribution is 0.686. The molecule has 18 heavy (non-hydrogen) atoms. The van der Waals surface area contributed by atoms with E-state index in [4.69, 9.17) is 5.73 Å². The minimum Gasteiger partial charge on any atom is -0.383 e. The number of nitrogens with one attached hydrogen (secondary N) is 1. The van der Waals surface area contributed by atoms with Gasteiger partial charge in [-0.1, -0.05) is 28.1 Å². The van der Waals surface area contributed by atoms with E-state index in [9.17, 15) is 0 Å². The monoisotopic (exact) mass is 305 g/mol. The van der Waals surface area contributed by atoms with Crippen molar-refractivity contribution in [1.82, 2.24) is 10.3 Å². The van der Waals surface area contributed by atoms with E-state index < -0.39 is 0 Å². The summed E-state index contributed by atoms with van der Waals surface area (Å²) in [5, 5.41) is 3.30. The van der Waals surface area contributed by atoms with Crippen LogP contribution in [0.2, 0.25) is 0 Å². The Bertz CT molecular complexity index is 534. The number of pyridine rings is 1. The first-order valence-corrected chi connectivity index (χ1v) is 6.56. The fourth-order valence-corrected chi connectivity index (χ4v) is 2.55. The van der Waals surface area contributed by atoms with Gasteiger partial charge in [0, 0.05) is 16.2 Å². The Labute approximate surface area is 116 Å². The van der Waals surface area contributed by atoms with Crippen LogP contribution in [0.1, 0.15) is 22.7 Å². The number of nitrogens with zero attached hydrogens (tertiary/aromatic N) is 1. The molecular formula is C14H16BrN3. The van der Waals surface area contributed by atoms with E-state index in [1.807, 2.05) is 25.2 Å². The van der Waals surface area contributed by atoms with Crippen molar-refractivity contribution in [2.45, 2.75) is 13.0 Å². The van der Waals surface area contributed by atoms with Gasteiger partial charge in [0.05, 0.1) is 6.04 Å². The van der Waals surface area contributed by atoms with Gasteiger partial charge in [-0.05, 0) is 43.3 Å². The maximum absolute atomic E-state index is 6.01. The zero-order chi connectivity index (χ0) is 13.1. The molecule has 0 saturated carbocycles. The van der Waals surface area contributed by atoms with E-state index in [0.717, 1.165) is 21.2 Å². The maximum atomic E-state index is 6.01. The first-order valence-electron chi connectivity index (χ1n) is 5.77. The molecule has 2 aromatic rings. The fourth-order valence-electron chi connectivity index (χ4n) is 2.13. The molecule has 0 aliphatic rings. The second kappa shape index (κ2) is 5.50. The van der Waals surface area contributed by atoms with Gasteiger partial charge in [-0.25, -0.2) is 4.98 Å². The standard InChI is InChI=1S/C14H16BrN3/c1-9-6-7-18-14(16)12(9)13(17-2)10-4-3-5-11(15)8-10/h3-8,13,17H,1-2H3,(H2,16,18). The number of nitrogen functional groups attached to an aromatic ring is 1. The fraction of sp³-hybridized carbons (Fsp3) is 0.214. The molecule has 1 heterocycles. The van der Waals surface area contributed by atoms with Crippen LogP contribution in [0.3, 0.4) is 0 Å². The van der Waals surface area contributed by atoms with Gasteiger partial charge in [0.25, 0.3) is 0 Å². The molecule has 4 heteroatoms. The van der Waals surface area contributed by atoms with Crippen molar-refractivity contribution in [3.05, 3.63) is 57.7 Å². The number of benzene rings is 1. The first-order chi connectivity index (χ1) is 8.63. The van der Waals surface area contributed by atoms with Gasteiger partial charge in [0.15, 0.2) is 0 Å². The van der Waals surface area contributed by atoms with E-state index in [1.165, 1.54) is 0 Å². The zero-order valence-corrected chi connectivity index (χ0v) is 12.0. The third-order valence-corrected chi connectivity index (χ3v) is 3.49. The number of hydrogen-bond donors (Lipinski definition) is 2. The number of aryl methyl sites for hydroxylation is 1. The summed E-state index contributed by atoms with van der Waals surface area (Å²) in [6.45, 7) is 2.05. The highest BCUT2D eigenvalue weighted by Gasteiger charge is 2.17. The topological polar surface area (TPSA) is 50.9 Å². The number of halogens is 1. The van der Waals surface area contributed by atoms with Gasteiger partial charge >= 0.3 is 0 Å². The average Bonchev–Trinajstić information content (AvgIpc) is 2.34. The third-order valence-electron chi connectivity index (χ3n) is 3.00. The predicted molar refractivity (Wildman–Crippen MR) is 78.4 cm³/mol. The van der Waals surface area contributed by atoms with Crippen LogP contribution in [0.25, 0.3) is 0 Å². The van der Waals surface area contributed by atoms with Crippen molar-refractivity contribution >= 4 is 21.7 Å². The molecular weight excluding hydrogens is 290 g/mol. The highest BCUT2D eigenvalue weighted by atomic mass is 79.9. The second-order valence-corrected chi connectivity index (χ2v) is 5.12. The first kappa shape index (κ1) is 13.1. The van der Waals surface area contributed by atoms with E-state index in [1.54, 1.807) is 6.20 Å². The van der Waals surface area contributed by atoms with Crippen LogP contribution in [0.5, 0.6) is 0 Å². The molecule has 2 rings (SSSR count). The molecule has 0 bridgehead atoms. The van der Waals surface area contributed by atoms with E-state index >= 15 is 0 Å². The van der Waals surface area contributed by atoms with Gasteiger partial charge in [0.1, 0.15) is 5.82 Å². The smallest absolute Gasteiger partial charge is 0.128 e. The van der Waals surface area contributed by atoms with Crippen molar-refractivity contribution in [2.75, 3.05) is 12.8 Å². The Kier molecular flexibility index (Phi) is 3.99. The normalized spacial score (nSPS) is 12.4. The highest BCUT2D eigenvalue weighted by molar-refractivity contribution is 9.10. The minimum atomic E-state index is 0.0520. The molecule has 3 N–H and O–H groups in total. The van der Waals surface area contributed by atoms with Gasteiger partial charge in [0.2, 0.25) is 0 Å². The van der Waals surface area contributed by atoms with Gasteiger partial charge in [-0.15, -0.1) is 0 Å². The highest BCUT2D eigenvalue weighted by Crippen LogP contribution is 2.29. The number of hydrogen-bond acceptors (Lipinski definition) is 3. The summed E-state index contributed by atoms with van der Waals surface area (Å²) in [6.07, 6.45) is 1.74. The van der Waals surface area contributed by atoms with Crippen molar-refractivity contribution in [3.8, 4) is 0 Å². The van der Waals surface area contributed by atoms with Gasteiger partial charge in [-0.3, -0.25) is 0 Å². The summed E-state index contributed by atoms with van der Waals surface area (Å²) in [5.74, 6) is 0.578. The molecule has 1 atom stereocenters. The van der Waals surface area contributed by atoms with Crippen LogP contribution in [0.15, 0.2) is 41.0 Å². The Morgan fingerprint density at radius 1 is 1.33 bits per heavy atom. The Morgan fingerprint density at radius 3 is 2.72 bits per heavy atom. The molecule has 0 aliphatic heterocycles. The molecule has 0 radical (unpaired) electrons. The Balaban J connectivity index is 2.52. The predicted octanol–water partition coefficient (Wildman–Crippen LogP) is 3.04. The molecule has 0 fully saturated rings. The molecule has 94 valence electrons. The largest absolute Gasteiger partial charge is 0.383 e. The summed E-state index contributed by atoms with van der Waals surface area (Å²) in [7, 11) is 1.93. The summed E-state index contributed by atoms with van der Waals surface area (Å²) in [5.41, 5.74) is 9.35. The van der Waals surface area contributed by atoms with E-state index in [0.29, 0.717) is 5.82 Å². The molecule has 1 aromatic carbocycles. The van der Waals surface area contributed by atoms with Crippen LogP contribution in [0.4, 0.5) is 5.82 Å². The lowest BCUT2D eigenvalue weighted by Gasteiger charge is -2.20. The van der Waals surface area contributed by atoms with Crippen LogP contribution in [-0.2, 0) is 0 Å². The van der Waals surface area contributed by atoms with Crippen LogP contribution < -0.4 is 11.1 Å². The Hall–Kier alpha value is -1.39. The molecule has 0 aliphatic carbocycles. The lowest BCUT2D eigenvalue weighted by atomic mass is 9.96. The van der Waals surface area contributed by atoms with Crippen LogP contribution in [-0.4, -0.2) is 12.0 Å². The quantitative estimate of drug-likeness (QED) is 0.916. The van der Waals surface area contributed by atoms with Crippen LogP contribution >= 0.6 is 15.9 Å². The van der Waals surface area contributed by atoms with Gasteiger partial charge < -0.3 is 11.1 Å². The third kappa shape index (κ3) is 2.54. The molecule has 3 nitrogen and oxygen atoms in total. The summed E-state index contributed by atoms with van der Waals surface area (Å²) >= 11 is 3.49. The number of rotatable bonds is 3. The molecule has 0 spiro atoms. The number of nitrogens with two attached hydrogens (primary N) is 1. The summed E-state index contributed by atoms with van der Waals surface area (Å²) < 4.78 is 1.06. The van der Waals surface area contributed by atoms with Gasteiger partial charge in [-0.2, -0.15) is 0 Å². The lowest BCUT2D eigenvalue weighted by Crippen LogP contribution is -2.20. The second-order valence-electron chi connectivity index (χ2n) is 4.20. The van der Waals surface area contributed by atoms with Crippen molar-refractivity contribution < 1.29 is 0 Å². The zero-order valence-electron chi connectivity index (χ0n) is 10.4. The average molecular weight is 306 g/mol. The minimum absolute atomic E-state index is 0.0520. The number of aromatic nitrogens is 1. The molecule has 1 aromatic heterocycles. The van der Waals surface area contributed by atoms with Crippen LogP contribution in [0, 0.1) is 6.92 Å². The molecule has 1 unspecified atom stereocenters. The summed E-state index contributed by atoms with van der Waals surface area (Å²) in [6, 6.07) is 10.2. The Morgan fingerprint density at radius 2 is 2.11 bits per heavy atom.